The molecule has 4 heteroatoms. The standard InChI is InChI=1S/C14H19ClN2O/c1-11(2)10-17(6-7-18-3)14-5-4-13(15)8-12(14)9-16/h4-5,8,11H,6-7,10H2,1-3H3. The van der Waals surface area contributed by atoms with Gasteiger partial charge in [0.2, 0.25) is 0 Å². The number of methoxy groups -OCH3 is 1. The summed E-state index contributed by atoms with van der Waals surface area (Å²) in [6.07, 6.45) is 0. The molecule has 0 fully saturated rings. The van der Waals surface area contributed by atoms with Gasteiger partial charge in [0, 0.05) is 25.2 Å². The molecule has 3 nitrogen and oxygen atoms in total. The zero-order valence-electron chi connectivity index (χ0n) is 11.1. The molecule has 0 aliphatic heterocycles. The number of rotatable bonds is 6. The largest absolute Gasteiger partial charge is 0.383 e. The van der Waals surface area contributed by atoms with Gasteiger partial charge in [0.1, 0.15) is 6.07 Å². The number of hydrogen-bond acceptors (Lipinski definition) is 3. The quantitative estimate of drug-likeness (QED) is 0.792. The van der Waals surface area contributed by atoms with Gasteiger partial charge in [-0.05, 0) is 24.1 Å². The average Bonchev–Trinajstić information content (AvgIpc) is 2.34. The molecule has 0 unspecified atom stereocenters. The predicted octanol–water partition coefficient (Wildman–Crippen LogP) is 3.32. The van der Waals surface area contributed by atoms with Crippen LogP contribution in [0, 0.1) is 17.2 Å². The highest BCUT2D eigenvalue weighted by Crippen LogP contribution is 2.24. The lowest BCUT2D eigenvalue weighted by Gasteiger charge is -2.27. The van der Waals surface area contributed by atoms with E-state index >= 15 is 0 Å². The summed E-state index contributed by atoms with van der Waals surface area (Å²) >= 11 is 5.92. The van der Waals surface area contributed by atoms with Gasteiger partial charge in [-0.3, -0.25) is 0 Å². The van der Waals surface area contributed by atoms with Crippen LogP contribution in [0.1, 0.15) is 19.4 Å². The fourth-order valence-electron chi connectivity index (χ4n) is 1.83. The van der Waals surface area contributed by atoms with Crippen molar-refractivity contribution in [1.29, 1.82) is 5.26 Å². The van der Waals surface area contributed by atoms with Crippen molar-refractivity contribution in [3.05, 3.63) is 28.8 Å². The lowest BCUT2D eigenvalue weighted by atomic mass is 10.1. The summed E-state index contributed by atoms with van der Waals surface area (Å²) in [4.78, 5) is 2.17. The number of ether oxygens (including phenoxy) is 1. The van der Waals surface area contributed by atoms with Crippen LogP contribution in [0.5, 0.6) is 0 Å². The fourth-order valence-corrected chi connectivity index (χ4v) is 2.00. The normalized spacial score (nSPS) is 10.4. The van der Waals surface area contributed by atoms with E-state index in [4.69, 9.17) is 16.3 Å². The summed E-state index contributed by atoms with van der Waals surface area (Å²) in [6.45, 7) is 6.61. The Kier molecular flexibility index (Phi) is 5.97. The smallest absolute Gasteiger partial charge is 0.101 e. The van der Waals surface area contributed by atoms with Gasteiger partial charge in [-0.15, -0.1) is 0 Å². The number of hydrogen-bond donors (Lipinski definition) is 0. The molecule has 0 saturated carbocycles. The molecule has 0 saturated heterocycles. The number of halogens is 1. The molecule has 1 rings (SSSR count). The van der Waals surface area contributed by atoms with Crippen molar-refractivity contribution in [2.45, 2.75) is 13.8 Å². The fraction of sp³-hybridized carbons (Fsp3) is 0.500. The first-order valence-corrected chi connectivity index (χ1v) is 6.39. The Hall–Kier alpha value is -1.24. The molecule has 0 radical (unpaired) electrons. The lowest BCUT2D eigenvalue weighted by Crippen LogP contribution is -2.31. The Labute approximate surface area is 114 Å². The summed E-state index contributed by atoms with van der Waals surface area (Å²) in [6, 6.07) is 7.62. The Morgan fingerprint density at radius 2 is 2.17 bits per heavy atom. The summed E-state index contributed by atoms with van der Waals surface area (Å²) < 4.78 is 5.12. The van der Waals surface area contributed by atoms with Gasteiger partial charge >= 0.3 is 0 Å². The number of nitriles is 1. The minimum absolute atomic E-state index is 0.518. The van der Waals surface area contributed by atoms with Crippen molar-refractivity contribution in [3.8, 4) is 6.07 Å². The Morgan fingerprint density at radius 3 is 2.72 bits per heavy atom. The monoisotopic (exact) mass is 266 g/mol. The topological polar surface area (TPSA) is 36.3 Å². The van der Waals surface area contributed by atoms with Crippen LogP contribution < -0.4 is 4.90 Å². The van der Waals surface area contributed by atoms with Crippen LogP contribution in [-0.4, -0.2) is 26.8 Å². The van der Waals surface area contributed by atoms with Crippen molar-refractivity contribution in [1.82, 2.24) is 0 Å². The SMILES string of the molecule is COCCN(CC(C)C)c1ccc(Cl)cc1C#N. The molecule has 1 aromatic rings. The van der Waals surface area contributed by atoms with Crippen LogP contribution in [0.4, 0.5) is 5.69 Å². The molecule has 18 heavy (non-hydrogen) atoms. The van der Waals surface area contributed by atoms with Crippen molar-refractivity contribution in [2.75, 3.05) is 31.7 Å². The second kappa shape index (κ2) is 7.25. The Bertz CT molecular complexity index is 426. The third kappa shape index (κ3) is 4.21. The Morgan fingerprint density at radius 1 is 1.44 bits per heavy atom. The van der Waals surface area contributed by atoms with E-state index in [1.807, 2.05) is 12.1 Å². The van der Waals surface area contributed by atoms with Crippen LogP contribution >= 0.6 is 11.6 Å². The molecular weight excluding hydrogens is 248 g/mol. The molecule has 0 aromatic heterocycles. The molecule has 0 amide bonds. The zero-order valence-corrected chi connectivity index (χ0v) is 11.9. The number of nitrogens with zero attached hydrogens (tertiary/aromatic N) is 2. The van der Waals surface area contributed by atoms with Gasteiger partial charge in [-0.2, -0.15) is 5.26 Å². The third-order valence-corrected chi connectivity index (χ3v) is 2.81. The molecule has 0 atom stereocenters. The van der Waals surface area contributed by atoms with E-state index in [1.54, 1.807) is 13.2 Å². The van der Waals surface area contributed by atoms with Gasteiger partial charge in [0.25, 0.3) is 0 Å². The zero-order chi connectivity index (χ0) is 13.5. The summed E-state index contributed by atoms with van der Waals surface area (Å²) in [7, 11) is 1.68. The van der Waals surface area contributed by atoms with Crippen LogP contribution in [-0.2, 0) is 4.74 Å². The highest BCUT2D eigenvalue weighted by Gasteiger charge is 2.13. The predicted molar refractivity (Wildman–Crippen MR) is 75.1 cm³/mol. The first-order chi connectivity index (χ1) is 8.58. The van der Waals surface area contributed by atoms with Crippen molar-refractivity contribution >= 4 is 17.3 Å². The summed E-state index contributed by atoms with van der Waals surface area (Å²) in [5, 5.41) is 9.77. The van der Waals surface area contributed by atoms with E-state index in [0.717, 1.165) is 18.8 Å². The van der Waals surface area contributed by atoms with Crippen molar-refractivity contribution < 1.29 is 4.74 Å². The van der Waals surface area contributed by atoms with Crippen LogP contribution in [0.2, 0.25) is 5.02 Å². The molecule has 98 valence electrons. The van der Waals surface area contributed by atoms with Crippen LogP contribution in [0.3, 0.4) is 0 Å². The first kappa shape index (κ1) is 14.8. The maximum absolute atomic E-state index is 9.18. The minimum Gasteiger partial charge on any atom is -0.383 e. The van der Waals surface area contributed by atoms with Gasteiger partial charge < -0.3 is 9.64 Å². The van der Waals surface area contributed by atoms with E-state index in [-0.39, 0.29) is 0 Å². The van der Waals surface area contributed by atoms with Crippen LogP contribution in [0.15, 0.2) is 18.2 Å². The van der Waals surface area contributed by atoms with Gasteiger partial charge in [0.15, 0.2) is 0 Å². The molecule has 1 aromatic carbocycles. The molecule has 0 aliphatic rings. The summed E-state index contributed by atoms with van der Waals surface area (Å²) in [5.74, 6) is 0.518. The first-order valence-electron chi connectivity index (χ1n) is 6.02. The highest BCUT2D eigenvalue weighted by atomic mass is 35.5. The van der Waals surface area contributed by atoms with Crippen LogP contribution in [0.25, 0.3) is 0 Å². The van der Waals surface area contributed by atoms with E-state index in [1.165, 1.54) is 0 Å². The molecule has 0 bridgehead atoms. The Balaban J connectivity index is 3.00. The van der Waals surface area contributed by atoms with Gasteiger partial charge in [-0.1, -0.05) is 25.4 Å². The van der Waals surface area contributed by atoms with E-state index in [2.05, 4.69) is 24.8 Å². The summed E-state index contributed by atoms with van der Waals surface area (Å²) in [5.41, 5.74) is 1.53. The average molecular weight is 267 g/mol. The van der Waals surface area contributed by atoms with Crippen molar-refractivity contribution in [2.24, 2.45) is 5.92 Å². The molecule has 0 spiro atoms. The third-order valence-electron chi connectivity index (χ3n) is 2.57. The van der Waals surface area contributed by atoms with Gasteiger partial charge in [-0.25, -0.2) is 0 Å². The second-order valence-corrected chi connectivity index (χ2v) is 5.04. The lowest BCUT2D eigenvalue weighted by molar-refractivity contribution is 0.204. The molecule has 0 heterocycles. The molecule has 0 aliphatic carbocycles. The second-order valence-electron chi connectivity index (χ2n) is 4.61. The molecular formula is C14H19ClN2O. The number of anilines is 1. The van der Waals surface area contributed by atoms with E-state index in [0.29, 0.717) is 23.1 Å². The van der Waals surface area contributed by atoms with Gasteiger partial charge in [0.05, 0.1) is 17.9 Å². The van der Waals surface area contributed by atoms with Crippen molar-refractivity contribution in [3.63, 3.8) is 0 Å². The van der Waals surface area contributed by atoms with E-state index < -0.39 is 0 Å². The van der Waals surface area contributed by atoms with E-state index in [9.17, 15) is 5.26 Å². The highest BCUT2D eigenvalue weighted by molar-refractivity contribution is 6.30. The number of benzene rings is 1. The molecule has 0 N–H and O–H groups in total. The maximum atomic E-state index is 9.18. The minimum atomic E-state index is 0.518. The maximum Gasteiger partial charge on any atom is 0.101 e.